The molecular weight excluding hydrogens is 480 g/mol. The molecule has 0 aliphatic carbocycles. The lowest BCUT2D eigenvalue weighted by Crippen LogP contribution is -2.39. The van der Waals surface area contributed by atoms with Crippen molar-refractivity contribution in [2.75, 3.05) is 66.4 Å². The van der Waals surface area contributed by atoms with Crippen LogP contribution in [0.2, 0.25) is 0 Å². The Labute approximate surface area is 224 Å². The zero-order valence-corrected chi connectivity index (χ0v) is 24.6. The SMILES string of the molecule is CNCCOCCOC(C)(C)CC(C)(C)C(C)(C)C.O=CCOCCOCCNC(=O)CCCC(=O)O. The van der Waals surface area contributed by atoms with Gasteiger partial charge in [-0.1, -0.05) is 34.6 Å². The number of hydrogen-bond donors (Lipinski definition) is 3. The summed E-state index contributed by atoms with van der Waals surface area (Å²) in [4.78, 5) is 31.3. The van der Waals surface area contributed by atoms with Crippen molar-refractivity contribution in [2.24, 2.45) is 10.8 Å². The van der Waals surface area contributed by atoms with E-state index in [1.807, 2.05) is 7.05 Å². The van der Waals surface area contributed by atoms with E-state index in [9.17, 15) is 14.4 Å². The molecule has 0 spiro atoms. The number of ether oxygens (including phenoxy) is 4. The molecule has 0 rings (SSSR count). The van der Waals surface area contributed by atoms with Gasteiger partial charge in [-0.15, -0.1) is 0 Å². The molecule has 0 radical (unpaired) electrons. The third kappa shape index (κ3) is 24.5. The van der Waals surface area contributed by atoms with E-state index >= 15 is 0 Å². The molecule has 0 aliphatic rings. The summed E-state index contributed by atoms with van der Waals surface area (Å²) in [7, 11) is 1.93. The van der Waals surface area contributed by atoms with Crippen LogP contribution in [-0.4, -0.2) is 95.3 Å². The molecule has 0 aromatic carbocycles. The maximum atomic E-state index is 11.2. The van der Waals surface area contributed by atoms with Crippen molar-refractivity contribution in [3.8, 4) is 0 Å². The average Bonchev–Trinajstić information content (AvgIpc) is 2.76. The summed E-state index contributed by atoms with van der Waals surface area (Å²) in [5.74, 6) is -1.08. The normalized spacial score (nSPS) is 12.0. The Balaban J connectivity index is 0. The van der Waals surface area contributed by atoms with Crippen LogP contribution in [0.3, 0.4) is 0 Å². The van der Waals surface area contributed by atoms with Crippen molar-refractivity contribution in [2.45, 2.75) is 79.8 Å². The van der Waals surface area contributed by atoms with Crippen LogP contribution < -0.4 is 10.6 Å². The number of carboxylic acids is 1. The minimum absolute atomic E-state index is 0.00199. The Morgan fingerprint density at radius 3 is 1.92 bits per heavy atom. The van der Waals surface area contributed by atoms with Crippen molar-refractivity contribution in [3.63, 3.8) is 0 Å². The van der Waals surface area contributed by atoms with Crippen LogP contribution in [0.1, 0.15) is 74.1 Å². The number of likely N-dealkylation sites (N-methyl/N-ethyl adjacent to an activating group) is 1. The van der Waals surface area contributed by atoms with Gasteiger partial charge in [-0.3, -0.25) is 9.59 Å². The Morgan fingerprint density at radius 1 is 0.811 bits per heavy atom. The van der Waals surface area contributed by atoms with Crippen molar-refractivity contribution in [1.82, 2.24) is 10.6 Å². The predicted octanol–water partition coefficient (Wildman–Crippen LogP) is 3.07. The number of aliphatic carboxylic acids is 1. The molecule has 0 saturated heterocycles. The lowest BCUT2D eigenvalue weighted by Gasteiger charge is -2.44. The van der Waals surface area contributed by atoms with Crippen LogP contribution >= 0.6 is 0 Å². The summed E-state index contributed by atoms with van der Waals surface area (Å²) in [6.07, 6.45) is 2.24. The number of aldehydes is 1. The molecular formula is C27H54N2O8. The van der Waals surface area contributed by atoms with Crippen LogP contribution in [0.25, 0.3) is 0 Å². The summed E-state index contributed by atoms with van der Waals surface area (Å²) < 4.78 is 21.4. The zero-order chi connectivity index (χ0) is 28.8. The van der Waals surface area contributed by atoms with Gasteiger partial charge in [0.25, 0.3) is 0 Å². The maximum absolute atomic E-state index is 11.2. The van der Waals surface area contributed by atoms with Gasteiger partial charge in [-0.2, -0.15) is 0 Å². The Morgan fingerprint density at radius 2 is 1.38 bits per heavy atom. The molecule has 37 heavy (non-hydrogen) atoms. The monoisotopic (exact) mass is 534 g/mol. The average molecular weight is 535 g/mol. The zero-order valence-electron chi connectivity index (χ0n) is 24.6. The van der Waals surface area contributed by atoms with Crippen molar-refractivity contribution >= 4 is 18.2 Å². The molecule has 0 atom stereocenters. The third-order valence-corrected chi connectivity index (χ3v) is 6.04. The maximum Gasteiger partial charge on any atom is 0.303 e. The summed E-state index contributed by atoms with van der Waals surface area (Å²) in [6, 6.07) is 0. The highest BCUT2D eigenvalue weighted by Crippen LogP contribution is 2.44. The highest BCUT2D eigenvalue weighted by molar-refractivity contribution is 5.76. The molecule has 0 aliphatic heterocycles. The van der Waals surface area contributed by atoms with E-state index in [1.165, 1.54) is 0 Å². The smallest absolute Gasteiger partial charge is 0.303 e. The molecule has 0 unspecified atom stereocenters. The molecule has 0 aromatic rings. The molecule has 0 aromatic heterocycles. The second kappa shape index (κ2) is 21.4. The number of hydrogen-bond acceptors (Lipinski definition) is 8. The third-order valence-electron chi connectivity index (χ3n) is 6.04. The highest BCUT2D eigenvalue weighted by atomic mass is 16.5. The first kappa shape index (κ1) is 37.6. The number of carbonyl (C=O) groups is 3. The van der Waals surface area contributed by atoms with Crippen LogP contribution in [0.15, 0.2) is 0 Å². The fraction of sp³-hybridized carbons (Fsp3) is 0.889. The lowest BCUT2D eigenvalue weighted by molar-refractivity contribution is -0.137. The van der Waals surface area contributed by atoms with Gasteiger partial charge in [0, 0.05) is 25.9 Å². The molecule has 1 amide bonds. The van der Waals surface area contributed by atoms with Gasteiger partial charge in [-0.05, 0) is 44.6 Å². The van der Waals surface area contributed by atoms with Crippen molar-refractivity contribution in [1.29, 1.82) is 0 Å². The van der Waals surface area contributed by atoms with Gasteiger partial charge in [0.1, 0.15) is 12.9 Å². The molecule has 3 N–H and O–H groups in total. The minimum atomic E-state index is -0.901. The second-order valence-corrected chi connectivity index (χ2v) is 11.1. The van der Waals surface area contributed by atoms with E-state index < -0.39 is 5.97 Å². The Hall–Kier alpha value is -1.59. The fourth-order valence-corrected chi connectivity index (χ4v) is 3.14. The van der Waals surface area contributed by atoms with E-state index in [4.69, 9.17) is 24.1 Å². The van der Waals surface area contributed by atoms with Gasteiger partial charge < -0.3 is 39.5 Å². The number of nitrogens with one attached hydrogen (secondary N) is 2. The minimum Gasteiger partial charge on any atom is -0.481 e. The van der Waals surface area contributed by atoms with Crippen molar-refractivity contribution < 1.29 is 38.4 Å². The van der Waals surface area contributed by atoms with Crippen LogP contribution in [0, 0.1) is 10.8 Å². The molecule has 0 saturated carbocycles. The van der Waals surface area contributed by atoms with Gasteiger partial charge in [0.05, 0.1) is 45.2 Å². The first-order valence-corrected chi connectivity index (χ1v) is 13.1. The molecule has 220 valence electrons. The highest BCUT2D eigenvalue weighted by Gasteiger charge is 2.38. The predicted molar refractivity (Wildman–Crippen MR) is 145 cm³/mol. The summed E-state index contributed by atoms with van der Waals surface area (Å²) >= 11 is 0. The number of amides is 1. The fourth-order valence-electron chi connectivity index (χ4n) is 3.14. The summed E-state index contributed by atoms with van der Waals surface area (Å²) in [5.41, 5.74) is 0.406. The summed E-state index contributed by atoms with van der Waals surface area (Å²) in [6.45, 7) is 20.3. The number of carboxylic acid groups (broad SMARTS) is 1. The van der Waals surface area contributed by atoms with E-state index in [1.54, 1.807) is 0 Å². The first-order chi connectivity index (χ1) is 17.2. The van der Waals surface area contributed by atoms with Crippen LogP contribution in [0.5, 0.6) is 0 Å². The Bertz CT molecular complexity index is 604. The molecule has 0 heterocycles. The van der Waals surface area contributed by atoms with Crippen molar-refractivity contribution in [3.05, 3.63) is 0 Å². The molecule has 0 bridgehead atoms. The largest absolute Gasteiger partial charge is 0.481 e. The van der Waals surface area contributed by atoms with Crippen LogP contribution in [-0.2, 0) is 33.3 Å². The molecule has 10 nitrogen and oxygen atoms in total. The van der Waals surface area contributed by atoms with Gasteiger partial charge >= 0.3 is 5.97 Å². The molecule has 10 heteroatoms. The van der Waals surface area contributed by atoms with Gasteiger partial charge in [-0.25, -0.2) is 0 Å². The standard InChI is InChI=1S/C16H35NO2.C11H19NO6/c1-14(2,3)15(4,5)13-16(6,7)19-12-11-18-10-9-17-8;13-5-7-18-9-8-17-6-4-12-10(14)2-1-3-11(15)16/h17H,9-13H2,1-8H3;5H,1-4,6-9H2,(H,12,14)(H,15,16). The van der Waals surface area contributed by atoms with E-state index in [-0.39, 0.29) is 41.8 Å². The number of rotatable bonds is 21. The first-order valence-electron chi connectivity index (χ1n) is 13.1. The van der Waals surface area contributed by atoms with E-state index in [2.05, 4.69) is 59.1 Å². The second-order valence-electron chi connectivity index (χ2n) is 11.1. The van der Waals surface area contributed by atoms with Gasteiger partial charge in [0.2, 0.25) is 5.91 Å². The van der Waals surface area contributed by atoms with Crippen LogP contribution in [0.4, 0.5) is 0 Å². The van der Waals surface area contributed by atoms with E-state index in [0.29, 0.717) is 52.3 Å². The van der Waals surface area contributed by atoms with E-state index in [0.717, 1.165) is 19.6 Å². The number of carbonyl (C=O) groups excluding carboxylic acids is 2. The Kier molecular flexibility index (Phi) is 21.7. The topological polar surface area (TPSA) is 132 Å². The summed E-state index contributed by atoms with van der Waals surface area (Å²) in [5, 5.41) is 14.0. The quantitative estimate of drug-likeness (QED) is 0.150. The molecule has 0 fully saturated rings. The van der Waals surface area contributed by atoms with Gasteiger partial charge in [0.15, 0.2) is 0 Å². The lowest BCUT2D eigenvalue weighted by atomic mass is 9.64.